The van der Waals surface area contributed by atoms with Crippen LogP contribution in [0.1, 0.15) is 25.6 Å². The van der Waals surface area contributed by atoms with E-state index in [9.17, 15) is 4.79 Å². The Kier molecular flexibility index (Phi) is 5.78. The van der Waals surface area contributed by atoms with Crippen LogP contribution < -0.4 is 5.32 Å². The third-order valence-corrected chi connectivity index (χ3v) is 4.44. The van der Waals surface area contributed by atoms with Crippen molar-refractivity contribution in [1.29, 1.82) is 0 Å². The van der Waals surface area contributed by atoms with Gasteiger partial charge in [0.15, 0.2) is 0 Å². The Hall–Kier alpha value is -0.920. The minimum atomic E-state index is -0.317. The fourth-order valence-electron chi connectivity index (χ4n) is 2.36. The molecule has 1 aromatic heterocycles. The fourth-order valence-corrected chi connectivity index (χ4v) is 2.65. The number of nitrogens with one attached hydrogen (secondary N) is 1. The molecular formula is C14H23BrN4O2. The summed E-state index contributed by atoms with van der Waals surface area (Å²) < 4.78 is 7.94. The zero-order chi connectivity index (χ0) is 15.4. The van der Waals surface area contributed by atoms with Gasteiger partial charge < -0.3 is 10.1 Å². The van der Waals surface area contributed by atoms with Crippen molar-refractivity contribution in [3.05, 3.63) is 16.4 Å². The maximum absolute atomic E-state index is 12.3. The van der Waals surface area contributed by atoms with Crippen LogP contribution in [0.4, 0.5) is 0 Å². The number of hydrogen-bond acceptors (Lipinski definition) is 4. The number of hydrogen-bond donors (Lipinski definition) is 1. The van der Waals surface area contributed by atoms with E-state index in [-0.39, 0.29) is 18.0 Å². The van der Waals surface area contributed by atoms with Gasteiger partial charge in [-0.3, -0.25) is 14.4 Å². The summed E-state index contributed by atoms with van der Waals surface area (Å²) >= 11 is 3.42. The van der Waals surface area contributed by atoms with Crippen LogP contribution in [0.5, 0.6) is 0 Å². The molecule has 7 heteroatoms. The number of aromatic nitrogens is 2. The molecule has 1 aliphatic heterocycles. The maximum Gasteiger partial charge on any atom is 0.244 e. The maximum atomic E-state index is 12.3. The standard InChI is InChI=1S/C14H23BrN4O2/c1-10(8-18-4-6-21-7-5-18)16-14(20)12(3)19-9-13(15)11(2)17-19/h9-10,12H,4-8H2,1-3H3,(H,16,20). The number of carbonyl (C=O) groups excluding carboxylic acids is 1. The first-order chi connectivity index (χ1) is 9.97. The van der Waals surface area contributed by atoms with Crippen molar-refractivity contribution >= 4 is 21.8 Å². The molecule has 1 fully saturated rings. The summed E-state index contributed by atoms with van der Waals surface area (Å²) in [4.78, 5) is 14.6. The predicted octanol–water partition coefficient (Wildman–Crippen LogP) is 1.35. The molecule has 0 saturated carbocycles. The van der Waals surface area contributed by atoms with E-state index in [1.807, 2.05) is 27.0 Å². The molecule has 118 valence electrons. The van der Waals surface area contributed by atoms with Crippen molar-refractivity contribution in [2.45, 2.75) is 32.9 Å². The quantitative estimate of drug-likeness (QED) is 0.862. The number of rotatable bonds is 5. The largest absolute Gasteiger partial charge is 0.379 e. The number of aryl methyl sites for hydroxylation is 1. The van der Waals surface area contributed by atoms with Gasteiger partial charge in [0.1, 0.15) is 6.04 Å². The Morgan fingerprint density at radius 1 is 1.48 bits per heavy atom. The molecule has 0 aliphatic carbocycles. The van der Waals surface area contributed by atoms with Crippen LogP contribution in [0, 0.1) is 6.92 Å². The van der Waals surface area contributed by atoms with Gasteiger partial charge in [-0.25, -0.2) is 0 Å². The molecule has 6 nitrogen and oxygen atoms in total. The number of halogens is 1. The van der Waals surface area contributed by atoms with Crippen molar-refractivity contribution in [3.63, 3.8) is 0 Å². The Morgan fingerprint density at radius 2 is 2.14 bits per heavy atom. The Morgan fingerprint density at radius 3 is 2.71 bits per heavy atom. The van der Waals surface area contributed by atoms with E-state index >= 15 is 0 Å². The van der Waals surface area contributed by atoms with E-state index in [2.05, 4.69) is 31.2 Å². The van der Waals surface area contributed by atoms with Crippen molar-refractivity contribution < 1.29 is 9.53 Å². The van der Waals surface area contributed by atoms with Gasteiger partial charge in [0.05, 0.1) is 23.4 Å². The van der Waals surface area contributed by atoms with Crippen LogP contribution in [0.3, 0.4) is 0 Å². The van der Waals surface area contributed by atoms with E-state index in [4.69, 9.17) is 4.74 Å². The molecule has 1 saturated heterocycles. The number of morpholine rings is 1. The lowest BCUT2D eigenvalue weighted by Crippen LogP contribution is -2.47. The third kappa shape index (κ3) is 4.52. The lowest BCUT2D eigenvalue weighted by atomic mass is 10.2. The summed E-state index contributed by atoms with van der Waals surface area (Å²) in [5, 5.41) is 7.39. The molecule has 0 aromatic carbocycles. The molecule has 0 radical (unpaired) electrons. The van der Waals surface area contributed by atoms with Crippen LogP contribution >= 0.6 is 15.9 Å². The van der Waals surface area contributed by atoms with Gasteiger partial charge in [0, 0.05) is 31.9 Å². The van der Waals surface area contributed by atoms with E-state index in [0.717, 1.165) is 43.0 Å². The second-order valence-electron chi connectivity index (χ2n) is 5.54. The average Bonchev–Trinajstić information content (AvgIpc) is 2.78. The second kappa shape index (κ2) is 7.38. The first kappa shape index (κ1) is 16.5. The SMILES string of the molecule is Cc1nn(C(C)C(=O)NC(C)CN2CCOCC2)cc1Br. The number of ether oxygens (including phenoxy) is 1. The molecular weight excluding hydrogens is 336 g/mol. The van der Waals surface area contributed by atoms with Gasteiger partial charge in [-0.2, -0.15) is 5.10 Å². The Balaban J connectivity index is 1.84. The van der Waals surface area contributed by atoms with Crippen molar-refractivity contribution in [2.24, 2.45) is 0 Å². The van der Waals surface area contributed by atoms with Crippen LogP contribution in [-0.4, -0.2) is 59.5 Å². The van der Waals surface area contributed by atoms with E-state index in [1.54, 1.807) is 4.68 Å². The lowest BCUT2D eigenvalue weighted by Gasteiger charge is -2.29. The van der Waals surface area contributed by atoms with Crippen LogP contribution in [-0.2, 0) is 9.53 Å². The lowest BCUT2D eigenvalue weighted by molar-refractivity contribution is -0.124. The molecule has 2 unspecified atom stereocenters. The highest BCUT2D eigenvalue weighted by Crippen LogP contribution is 2.16. The van der Waals surface area contributed by atoms with Gasteiger partial charge in [-0.1, -0.05) is 0 Å². The summed E-state index contributed by atoms with van der Waals surface area (Å²) in [7, 11) is 0. The first-order valence-corrected chi connectivity index (χ1v) is 8.08. The molecule has 2 heterocycles. The second-order valence-corrected chi connectivity index (χ2v) is 6.40. The summed E-state index contributed by atoms with van der Waals surface area (Å²) in [6, 6.07) is -0.208. The Labute approximate surface area is 133 Å². The molecule has 0 spiro atoms. The van der Waals surface area contributed by atoms with Gasteiger partial charge in [-0.15, -0.1) is 0 Å². The number of carbonyl (C=O) groups is 1. The van der Waals surface area contributed by atoms with Crippen LogP contribution in [0.2, 0.25) is 0 Å². The van der Waals surface area contributed by atoms with Crippen LogP contribution in [0.15, 0.2) is 10.7 Å². The normalized spacial score (nSPS) is 19.2. The summed E-state index contributed by atoms with van der Waals surface area (Å²) in [5.41, 5.74) is 0.885. The molecule has 0 bridgehead atoms. The van der Waals surface area contributed by atoms with Crippen LogP contribution in [0.25, 0.3) is 0 Å². The minimum absolute atomic E-state index is 0.00856. The first-order valence-electron chi connectivity index (χ1n) is 7.29. The highest BCUT2D eigenvalue weighted by molar-refractivity contribution is 9.10. The van der Waals surface area contributed by atoms with Gasteiger partial charge >= 0.3 is 0 Å². The molecule has 1 aliphatic rings. The van der Waals surface area contributed by atoms with Gasteiger partial charge in [-0.05, 0) is 36.7 Å². The van der Waals surface area contributed by atoms with E-state index in [1.165, 1.54) is 0 Å². The summed E-state index contributed by atoms with van der Waals surface area (Å²) in [6.07, 6.45) is 1.84. The molecule has 1 aromatic rings. The number of nitrogens with zero attached hydrogens (tertiary/aromatic N) is 3. The van der Waals surface area contributed by atoms with E-state index in [0.29, 0.717) is 0 Å². The number of amides is 1. The summed E-state index contributed by atoms with van der Waals surface area (Å²) in [5.74, 6) is -0.00856. The van der Waals surface area contributed by atoms with Gasteiger partial charge in [0.25, 0.3) is 0 Å². The zero-order valence-corrected chi connectivity index (χ0v) is 14.4. The fraction of sp³-hybridized carbons (Fsp3) is 0.714. The minimum Gasteiger partial charge on any atom is -0.379 e. The zero-order valence-electron chi connectivity index (χ0n) is 12.8. The van der Waals surface area contributed by atoms with Crippen molar-refractivity contribution in [1.82, 2.24) is 20.0 Å². The molecule has 2 rings (SSSR count). The molecule has 1 N–H and O–H groups in total. The Bertz CT molecular complexity index is 466. The average molecular weight is 359 g/mol. The molecule has 1 amide bonds. The smallest absolute Gasteiger partial charge is 0.244 e. The highest BCUT2D eigenvalue weighted by atomic mass is 79.9. The molecule has 21 heavy (non-hydrogen) atoms. The highest BCUT2D eigenvalue weighted by Gasteiger charge is 2.20. The topological polar surface area (TPSA) is 59.4 Å². The van der Waals surface area contributed by atoms with Crippen molar-refractivity contribution in [3.8, 4) is 0 Å². The molecule has 2 atom stereocenters. The van der Waals surface area contributed by atoms with Gasteiger partial charge in [0.2, 0.25) is 5.91 Å². The van der Waals surface area contributed by atoms with Crippen molar-refractivity contribution in [2.75, 3.05) is 32.8 Å². The third-order valence-electron chi connectivity index (χ3n) is 3.66. The summed E-state index contributed by atoms with van der Waals surface area (Å²) in [6.45, 7) is 10.1. The monoisotopic (exact) mass is 358 g/mol. The predicted molar refractivity (Wildman–Crippen MR) is 84.2 cm³/mol. The van der Waals surface area contributed by atoms with E-state index < -0.39 is 0 Å².